The first kappa shape index (κ1) is 20.1. The fraction of sp³-hybridized carbons (Fsp3) is 0.429. The molecule has 0 spiro atoms. The van der Waals surface area contributed by atoms with Gasteiger partial charge in [-0.25, -0.2) is 4.98 Å². The van der Waals surface area contributed by atoms with Crippen LogP contribution in [0.1, 0.15) is 18.4 Å². The lowest BCUT2D eigenvalue weighted by Gasteiger charge is -2.27. The summed E-state index contributed by atoms with van der Waals surface area (Å²) in [5.41, 5.74) is 1.59. The highest BCUT2D eigenvalue weighted by atomic mass is 32.1. The van der Waals surface area contributed by atoms with Crippen molar-refractivity contribution in [3.63, 3.8) is 0 Å². The number of quaternary nitrogens is 1. The molecular formula is C21H24N7O2S+. The Morgan fingerprint density at radius 3 is 2.94 bits per heavy atom. The van der Waals surface area contributed by atoms with Gasteiger partial charge in [0.2, 0.25) is 11.8 Å². The Balaban J connectivity index is 1.59. The molecule has 0 aliphatic carbocycles. The zero-order valence-corrected chi connectivity index (χ0v) is 17.9. The van der Waals surface area contributed by atoms with E-state index in [-0.39, 0.29) is 5.56 Å². The van der Waals surface area contributed by atoms with Crippen molar-refractivity contribution in [1.82, 2.24) is 20.3 Å². The number of nitriles is 1. The summed E-state index contributed by atoms with van der Waals surface area (Å²) < 4.78 is 6.38. The predicted octanol–water partition coefficient (Wildman–Crippen LogP) is 0.702. The van der Waals surface area contributed by atoms with Crippen LogP contribution in [0.2, 0.25) is 0 Å². The monoisotopic (exact) mass is 438 g/mol. The van der Waals surface area contributed by atoms with E-state index in [2.05, 4.69) is 31.6 Å². The quantitative estimate of drug-likeness (QED) is 0.548. The van der Waals surface area contributed by atoms with E-state index in [1.807, 2.05) is 6.07 Å². The number of nitrogens with two attached hydrogens (primary N) is 1. The van der Waals surface area contributed by atoms with Crippen molar-refractivity contribution in [3.05, 3.63) is 34.1 Å². The van der Waals surface area contributed by atoms with Crippen LogP contribution in [-0.2, 0) is 4.74 Å². The molecule has 2 fully saturated rings. The Hall–Kier alpha value is -2.84. The minimum absolute atomic E-state index is 0.189. The second-order valence-electron chi connectivity index (χ2n) is 7.84. The van der Waals surface area contributed by atoms with Crippen molar-refractivity contribution in [2.24, 2.45) is 0 Å². The van der Waals surface area contributed by atoms with Gasteiger partial charge in [0.25, 0.3) is 5.56 Å². The molecule has 0 amide bonds. The summed E-state index contributed by atoms with van der Waals surface area (Å²) >= 11 is 1.45. The van der Waals surface area contributed by atoms with Crippen LogP contribution in [0.3, 0.4) is 0 Å². The smallest absolute Gasteiger partial charge is 0.268 e. The number of anilines is 1. The summed E-state index contributed by atoms with van der Waals surface area (Å²) in [6, 6.07) is 7.88. The molecular weight excluding hydrogens is 414 g/mol. The summed E-state index contributed by atoms with van der Waals surface area (Å²) in [6.07, 6.45) is 2.17. The molecule has 2 saturated heterocycles. The summed E-state index contributed by atoms with van der Waals surface area (Å²) in [4.78, 5) is 27.9. The van der Waals surface area contributed by atoms with Gasteiger partial charge in [-0.2, -0.15) is 10.2 Å². The number of nitrogens with zero attached hydrogens (tertiary/aromatic N) is 4. The molecule has 4 heterocycles. The number of benzene rings is 1. The van der Waals surface area contributed by atoms with Gasteiger partial charge in [0, 0.05) is 26.1 Å². The molecule has 9 nitrogen and oxygen atoms in total. The van der Waals surface area contributed by atoms with Crippen LogP contribution in [0.15, 0.2) is 23.0 Å². The molecule has 2 aliphatic heterocycles. The minimum atomic E-state index is -0.189. The Morgan fingerprint density at radius 2 is 2.16 bits per heavy atom. The normalized spacial score (nSPS) is 19.5. The molecule has 2 aromatic heterocycles. The molecule has 5 rings (SSSR count). The molecule has 31 heavy (non-hydrogen) atoms. The van der Waals surface area contributed by atoms with Crippen LogP contribution in [0, 0.1) is 11.3 Å². The van der Waals surface area contributed by atoms with E-state index in [1.165, 1.54) is 11.3 Å². The number of nitrogens with one attached hydrogen (secondary N) is 2. The van der Waals surface area contributed by atoms with Gasteiger partial charge in [0.15, 0.2) is 5.56 Å². The van der Waals surface area contributed by atoms with Gasteiger partial charge in [-0.05, 0) is 31.2 Å². The Morgan fingerprint density at radius 1 is 1.29 bits per heavy atom. The van der Waals surface area contributed by atoms with Crippen LogP contribution in [0.5, 0.6) is 0 Å². The molecule has 0 bridgehead atoms. The maximum atomic E-state index is 13.3. The van der Waals surface area contributed by atoms with Crippen LogP contribution in [-0.4, -0.2) is 60.4 Å². The van der Waals surface area contributed by atoms with Crippen LogP contribution in [0.25, 0.3) is 20.8 Å². The Bertz CT molecular complexity index is 1190. The van der Waals surface area contributed by atoms with E-state index in [4.69, 9.17) is 9.72 Å². The molecule has 0 radical (unpaired) electrons. The van der Waals surface area contributed by atoms with Gasteiger partial charge in [0.05, 0.1) is 35.1 Å². The van der Waals surface area contributed by atoms with Crippen LogP contribution < -0.4 is 21.1 Å². The highest BCUT2D eigenvalue weighted by Gasteiger charge is 2.27. The molecule has 1 atom stereocenters. The number of ether oxygens (including phenoxy) is 1. The number of aromatic nitrogens is 3. The highest BCUT2D eigenvalue weighted by Crippen LogP contribution is 2.31. The largest absolute Gasteiger partial charge is 0.378 e. The lowest BCUT2D eigenvalue weighted by molar-refractivity contribution is -0.614. The minimum Gasteiger partial charge on any atom is -0.378 e. The molecule has 0 saturated carbocycles. The van der Waals surface area contributed by atoms with Gasteiger partial charge in [-0.15, -0.1) is 11.3 Å². The molecule has 1 aromatic carbocycles. The van der Waals surface area contributed by atoms with Crippen molar-refractivity contribution in [2.75, 3.05) is 44.3 Å². The molecule has 0 unspecified atom stereocenters. The van der Waals surface area contributed by atoms with E-state index in [0.29, 0.717) is 60.2 Å². The van der Waals surface area contributed by atoms with Crippen molar-refractivity contribution < 1.29 is 10.1 Å². The lowest BCUT2D eigenvalue weighted by atomic mass is 10.1. The van der Waals surface area contributed by atoms with E-state index in [0.717, 1.165) is 36.1 Å². The first-order valence-corrected chi connectivity index (χ1v) is 11.4. The zero-order valence-electron chi connectivity index (χ0n) is 17.1. The van der Waals surface area contributed by atoms with Gasteiger partial charge in [0.1, 0.15) is 11.0 Å². The van der Waals surface area contributed by atoms with E-state index in [1.54, 1.807) is 12.1 Å². The van der Waals surface area contributed by atoms with E-state index >= 15 is 0 Å². The average Bonchev–Trinajstić information content (AvgIpc) is 3.22. The van der Waals surface area contributed by atoms with Crippen LogP contribution in [0.4, 0.5) is 11.8 Å². The van der Waals surface area contributed by atoms with Crippen molar-refractivity contribution in [1.29, 1.82) is 5.26 Å². The predicted molar refractivity (Wildman–Crippen MR) is 119 cm³/mol. The van der Waals surface area contributed by atoms with Crippen LogP contribution >= 0.6 is 11.3 Å². The van der Waals surface area contributed by atoms with Gasteiger partial charge in [-0.1, -0.05) is 0 Å². The number of hydrogen-bond donors (Lipinski definition) is 3. The molecule has 160 valence electrons. The van der Waals surface area contributed by atoms with Gasteiger partial charge in [-0.3, -0.25) is 15.1 Å². The van der Waals surface area contributed by atoms with E-state index in [9.17, 15) is 10.1 Å². The second kappa shape index (κ2) is 8.72. The topological polar surface area (TPSA) is 124 Å². The summed E-state index contributed by atoms with van der Waals surface area (Å²) in [5, 5.41) is 15.4. The zero-order chi connectivity index (χ0) is 21.2. The molecule has 4 N–H and O–H groups in total. The maximum absolute atomic E-state index is 13.3. The third kappa shape index (κ3) is 4.18. The number of aromatic amines is 1. The Labute approximate surface area is 183 Å². The van der Waals surface area contributed by atoms with Gasteiger partial charge < -0.3 is 15.0 Å². The average molecular weight is 439 g/mol. The summed E-state index contributed by atoms with van der Waals surface area (Å²) in [5.74, 6) is 1.26. The fourth-order valence-corrected chi connectivity index (χ4v) is 5.08. The lowest BCUT2D eigenvalue weighted by Crippen LogP contribution is -2.87. The number of hydrogen-bond acceptors (Lipinski definition) is 8. The maximum Gasteiger partial charge on any atom is 0.268 e. The number of rotatable bonds is 4. The summed E-state index contributed by atoms with van der Waals surface area (Å²) in [6.45, 7) is 4.55. The molecule has 10 heteroatoms. The van der Waals surface area contributed by atoms with Crippen molar-refractivity contribution in [2.45, 2.75) is 18.9 Å². The summed E-state index contributed by atoms with van der Waals surface area (Å²) in [7, 11) is 0. The first-order valence-electron chi connectivity index (χ1n) is 10.5. The number of H-pyrrole nitrogens is 1. The number of fused-ring (bicyclic) bond motifs is 1. The van der Waals surface area contributed by atoms with Gasteiger partial charge >= 0.3 is 0 Å². The number of piperidine rings is 1. The Kier molecular flexibility index (Phi) is 5.65. The third-order valence-corrected chi connectivity index (χ3v) is 6.76. The molecule has 2 aliphatic rings. The van der Waals surface area contributed by atoms with E-state index < -0.39 is 0 Å². The van der Waals surface area contributed by atoms with Crippen molar-refractivity contribution in [3.8, 4) is 16.6 Å². The number of thiazole rings is 1. The highest BCUT2D eigenvalue weighted by molar-refractivity contribution is 7.21. The van der Waals surface area contributed by atoms with Crippen molar-refractivity contribution >= 4 is 33.3 Å². The first-order chi connectivity index (χ1) is 15.2. The second-order valence-corrected chi connectivity index (χ2v) is 8.87. The SMILES string of the molecule is N#Cc1ccc2sc(-c3c([NH2+][C@@H]4CCCNC4)nc(N4CCOCC4)[nH]c3=O)nc2c1. The third-order valence-electron chi connectivity index (χ3n) is 5.70. The standard InChI is InChI=1S/C21H23N7O2S/c22-11-13-3-4-16-15(10-13)25-20(31-16)17-18(24-14-2-1-5-23-12-14)26-21(27-19(17)29)28-6-8-30-9-7-28/h3-4,10,14,23H,1-2,5-9,12H2,(H2,24,26,27,29)/p+1/t14-/m1/s1. The number of morpholine rings is 1. The molecule has 3 aromatic rings. The fourth-order valence-electron chi connectivity index (χ4n) is 4.08.